The topological polar surface area (TPSA) is 58.4 Å². The van der Waals surface area contributed by atoms with Crippen molar-refractivity contribution in [2.24, 2.45) is 17.1 Å². The minimum absolute atomic E-state index is 0.0790. The molecule has 0 spiro atoms. The second-order valence-corrected chi connectivity index (χ2v) is 6.60. The van der Waals surface area contributed by atoms with Gasteiger partial charge < -0.3 is 16.0 Å². The highest BCUT2D eigenvalue weighted by Gasteiger charge is 2.31. The molecule has 0 bridgehead atoms. The Morgan fingerprint density at radius 1 is 1.44 bits per heavy atom. The second kappa shape index (κ2) is 5.57. The maximum Gasteiger partial charge on any atom is 0.221 e. The first-order valence-electron chi connectivity index (χ1n) is 7.19. The zero-order chi connectivity index (χ0) is 13.2. The number of carbonyl (C=O) groups excluding carboxylic acids is 1. The average Bonchev–Trinajstić information content (AvgIpc) is 3.15. The molecule has 1 saturated heterocycles. The van der Waals surface area contributed by atoms with Crippen molar-refractivity contribution in [3.05, 3.63) is 0 Å². The maximum absolute atomic E-state index is 11.8. The van der Waals surface area contributed by atoms with Gasteiger partial charge in [0, 0.05) is 19.0 Å². The van der Waals surface area contributed by atoms with Crippen molar-refractivity contribution < 1.29 is 4.79 Å². The van der Waals surface area contributed by atoms with Gasteiger partial charge in [-0.05, 0) is 57.2 Å². The number of nitrogens with one attached hydrogen (secondary N) is 1. The summed E-state index contributed by atoms with van der Waals surface area (Å²) in [4.78, 5) is 14.2. The van der Waals surface area contributed by atoms with E-state index in [4.69, 9.17) is 5.73 Å². The third kappa shape index (κ3) is 3.95. The Balaban J connectivity index is 1.68. The van der Waals surface area contributed by atoms with Crippen LogP contribution in [-0.2, 0) is 4.79 Å². The van der Waals surface area contributed by atoms with Gasteiger partial charge in [0.2, 0.25) is 5.91 Å². The lowest BCUT2D eigenvalue weighted by Crippen LogP contribution is -2.44. The quantitative estimate of drug-likeness (QED) is 0.767. The van der Waals surface area contributed by atoms with Crippen LogP contribution in [0, 0.1) is 11.3 Å². The standard InChI is InChI=1S/C14H27N3O/c1-14(5-7-17(2)8-6-14)10-16-13(18)9-12(15)11-3-4-11/h11-12H,3-10,15H2,1-2H3,(H,16,18). The molecule has 0 radical (unpaired) electrons. The molecule has 2 rings (SSSR count). The van der Waals surface area contributed by atoms with Gasteiger partial charge in [0.05, 0.1) is 0 Å². The highest BCUT2D eigenvalue weighted by Crippen LogP contribution is 2.33. The van der Waals surface area contributed by atoms with E-state index in [1.165, 1.54) is 25.7 Å². The van der Waals surface area contributed by atoms with Gasteiger partial charge in [0.15, 0.2) is 0 Å². The molecule has 3 N–H and O–H groups in total. The lowest BCUT2D eigenvalue weighted by molar-refractivity contribution is -0.122. The zero-order valence-corrected chi connectivity index (χ0v) is 11.7. The van der Waals surface area contributed by atoms with Crippen LogP contribution in [0.3, 0.4) is 0 Å². The van der Waals surface area contributed by atoms with E-state index in [0.29, 0.717) is 12.3 Å². The van der Waals surface area contributed by atoms with Crippen LogP contribution in [-0.4, -0.2) is 43.5 Å². The highest BCUT2D eigenvalue weighted by atomic mass is 16.1. The van der Waals surface area contributed by atoms with Crippen LogP contribution in [0.5, 0.6) is 0 Å². The summed E-state index contributed by atoms with van der Waals surface area (Å²) in [6, 6.07) is 0.0790. The molecule has 18 heavy (non-hydrogen) atoms. The number of hydrogen-bond acceptors (Lipinski definition) is 3. The monoisotopic (exact) mass is 253 g/mol. The zero-order valence-electron chi connectivity index (χ0n) is 11.7. The fourth-order valence-electron chi connectivity index (χ4n) is 2.62. The first kappa shape index (κ1) is 13.8. The number of nitrogens with two attached hydrogens (primary N) is 1. The largest absolute Gasteiger partial charge is 0.356 e. The summed E-state index contributed by atoms with van der Waals surface area (Å²) in [5.41, 5.74) is 6.24. The van der Waals surface area contributed by atoms with Crippen LogP contribution < -0.4 is 11.1 Å². The molecule has 1 aliphatic heterocycles. The van der Waals surface area contributed by atoms with Gasteiger partial charge in [-0.25, -0.2) is 0 Å². The van der Waals surface area contributed by atoms with Crippen LogP contribution >= 0.6 is 0 Å². The van der Waals surface area contributed by atoms with E-state index < -0.39 is 0 Å². The van der Waals surface area contributed by atoms with Gasteiger partial charge in [0.25, 0.3) is 0 Å². The molecule has 0 aromatic heterocycles. The Labute approximate surface area is 110 Å². The van der Waals surface area contributed by atoms with Gasteiger partial charge in [-0.2, -0.15) is 0 Å². The van der Waals surface area contributed by atoms with Gasteiger partial charge in [-0.1, -0.05) is 6.92 Å². The molecule has 1 saturated carbocycles. The first-order chi connectivity index (χ1) is 8.48. The van der Waals surface area contributed by atoms with Crippen molar-refractivity contribution >= 4 is 5.91 Å². The molecule has 1 aliphatic carbocycles. The summed E-state index contributed by atoms with van der Waals surface area (Å²) in [6.07, 6.45) is 5.24. The number of carbonyl (C=O) groups is 1. The molecule has 4 heteroatoms. The summed E-state index contributed by atoms with van der Waals surface area (Å²) < 4.78 is 0. The molecule has 2 aliphatic rings. The summed E-state index contributed by atoms with van der Waals surface area (Å²) >= 11 is 0. The molecule has 1 atom stereocenters. The van der Waals surface area contributed by atoms with E-state index in [1.807, 2.05) is 0 Å². The van der Waals surface area contributed by atoms with Gasteiger partial charge >= 0.3 is 0 Å². The van der Waals surface area contributed by atoms with E-state index in [-0.39, 0.29) is 17.4 Å². The molecule has 1 amide bonds. The molecule has 0 aromatic rings. The van der Waals surface area contributed by atoms with E-state index in [1.54, 1.807) is 0 Å². The fourth-order valence-corrected chi connectivity index (χ4v) is 2.62. The van der Waals surface area contributed by atoms with E-state index in [2.05, 4.69) is 24.2 Å². The van der Waals surface area contributed by atoms with Crippen molar-refractivity contribution in [1.82, 2.24) is 10.2 Å². The molecular formula is C14H27N3O. The number of rotatable bonds is 5. The summed E-state index contributed by atoms with van der Waals surface area (Å²) in [7, 11) is 2.16. The van der Waals surface area contributed by atoms with Crippen LogP contribution in [0.1, 0.15) is 39.0 Å². The molecule has 1 heterocycles. The van der Waals surface area contributed by atoms with Gasteiger partial charge in [-0.3, -0.25) is 4.79 Å². The molecule has 2 fully saturated rings. The third-order valence-corrected chi connectivity index (χ3v) is 4.56. The predicted molar refractivity (Wildman–Crippen MR) is 73.2 cm³/mol. The van der Waals surface area contributed by atoms with Crippen LogP contribution in [0.25, 0.3) is 0 Å². The van der Waals surface area contributed by atoms with Gasteiger partial charge in [-0.15, -0.1) is 0 Å². The summed E-state index contributed by atoms with van der Waals surface area (Å²) in [5, 5.41) is 3.08. The maximum atomic E-state index is 11.8. The summed E-state index contributed by atoms with van der Waals surface area (Å²) in [5.74, 6) is 0.740. The fraction of sp³-hybridized carbons (Fsp3) is 0.929. The van der Waals surface area contributed by atoms with Crippen molar-refractivity contribution in [2.75, 3.05) is 26.7 Å². The van der Waals surface area contributed by atoms with Crippen molar-refractivity contribution in [3.63, 3.8) is 0 Å². The number of likely N-dealkylation sites (tertiary alicyclic amines) is 1. The SMILES string of the molecule is CN1CCC(C)(CNC(=O)CC(N)C2CC2)CC1. The Hall–Kier alpha value is -0.610. The average molecular weight is 253 g/mol. The molecule has 4 nitrogen and oxygen atoms in total. The van der Waals surface area contributed by atoms with Crippen molar-refractivity contribution in [2.45, 2.75) is 45.1 Å². The number of hydrogen-bond donors (Lipinski definition) is 2. The normalized spacial score (nSPS) is 25.7. The minimum Gasteiger partial charge on any atom is -0.356 e. The van der Waals surface area contributed by atoms with Gasteiger partial charge in [0.1, 0.15) is 0 Å². The van der Waals surface area contributed by atoms with Crippen LogP contribution in [0.2, 0.25) is 0 Å². The Morgan fingerprint density at radius 2 is 2.06 bits per heavy atom. The number of piperidine rings is 1. The lowest BCUT2D eigenvalue weighted by Gasteiger charge is -2.38. The van der Waals surface area contributed by atoms with Crippen LogP contribution in [0.15, 0.2) is 0 Å². The van der Waals surface area contributed by atoms with Crippen molar-refractivity contribution in [1.29, 1.82) is 0 Å². The van der Waals surface area contributed by atoms with E-state index in [9.17, 15) is 4.79 Å². The van der Waals surface area contributed by atoms with Crippen molar-refractivity contribution in [3.8, 4) is 0 Å². The lowest BCUT2D eigenvalue weighted by atomic mass is 9.80. The number of amides is 1. The van der Waals surface area contributed by atoms with Crippen LogP contribution in [0.4, 0.5) is 0 Å². The Morgan fingerprint density at radius 3 is 2.61 bits per heavy atom. The van der Waals surface area contributed by atoms with E-state index >= 15 is 0 Å². The first-order valence-corrected chi connectivity index (χ1v) is 7.19. The molecule has 0 aromatic carbocycles. The third-order valence-electron chi connectivity index (χ3n) is 4.56. The molecule has 104 valence electrons. The number of nitrogens with zero attached hydrogens (tertiary/aromatic N) is 1. The summed E-state index contributed by atoms with van der Waals surface area (Å²) in [6.45, 7) is 5.35. The molecular weight excluding hydrogens is 226 g/mol. The Bertz CT molecular complexity index is 293. The Kier molecular flexibility index (Phi) is 4.28. The highest BCUT2D eigenvalue weighted by molar-refractivity contribution is 5.76. The smallest absolute Gasteiger partial charge is 0.221 e. The predicted octanol–water partition coefficient (Wildman–Crippen LogP) is 0.962. The molecule has 1 unspecified atom stereocenters. The minimum atomic E-state index is 0.0790. The second-order valence-electron chi connectivity index (χ2n) is 6.60. The van der Waals surface area contributed by atoms with E-state index in [0.717, 1.165) is 19.6 Å².